The number of ether oxygens (including phenoxy) is 1. The Morgan fingerprint density at radius 1 is 0.862 bits per heavy atom. The van der Waals surface area contributed by atoms with Crippen LogP contribution < -0.4 is 10.9 Å². The lowest BCUT2D eigenvalue weighted by molar-refractivity contribution is -0.125. The molecule has 29 heavy (non-hydrogen) atoms. The summed E-state index contributed by atoms with van der Waals surface area (Å²) in [5.41, 5.74) is 7.29. The van der Waals surface area contributed by atoms with Crippen molar-refractivity contribution in [3.63, 3.8) is 0 Å². The van der Waals surface area contributed by atoms with Gasteiger partial charge in [0.25, 0.3) is 11.8 Å². The van der Waals surface area contributed by atoms with Crippen molar-refractivity contribution in [1.82, 2.24) is 15.8 Å². The fraction of sp³-hybridized carbons (Fsp3) is 0.0909. The van der Waals surface area contributed by atoms with Gasteiger partial charge in [-0.1, -0.05) is 48.5 Å². The van der Waals surface area contributed by atoms with Gasteiger partial charge >= 0.3 is 5.97 Å². The Hall–Kier alpha value is -4.00. The summed E-state index contributed by atoms with van der Waals surface area (Å²) in [5, 5.41) is 0. The average molecular weight is 389 g/mol. The van der Waals surface area contributed by atoms with E-state index in [2.05, 4.69) is 15.8 Å². The van der Waals surface area contributed by atoms with Gasteiger partial charge in [-0.05, 0) is 31.2 Å². The summed E-state index contributed by atoms with van der Waals surface area (Å²) in [7, 11) is 0. The molecule has 0 aliphatic rings. The van der Waals surface area contributed by atoms with Crippen molar-refractivity contribution in [2.45, 2.75) is 6.92 Å². The highest BCUT2D eigenvalue weighted by molar-refractivity contribution is 5.96. The number of carbonyl (C=O) groups excluding carboxylic acids is 3. The van der Waals surface area contributed by atoms with Gasteiger partial charge in [0.15, 0.2) is 6.61 Å². The standard InChI is InChI=1S/C22H19N3O4/c1-15-18(12-13-19(23-15)16-8-4-2-5-9-16)22(28)29-14-20(26)24-25-21(27)17-10-6-3-7-11-17/h2-13H,14H2,1H3,(H,24,26)(H,25,27). The largest absolute Gasteiger partial charge is 0.452 e. The lowest BCUT2D eigenvalue weighted by atomic mass is 10.1. The van der Waals surface area contributed by atoms with E-state index < -0.39 is 24.4 Å². The molecule has 0 radical (unpaired) electrons. The molecule has 2 amide bonds. The molecule has 146 valence electrons. The smallest absolute Gasteiger partial charge is 0.340 e. The first kappa shape index (κ1) is 19.8. The van der Waals surface area contributed by atoms with Crippen LogP contribution in [-0.4, -0.2) is 29.4 Å². The van der Waals surface area contributed by atoms with Crippen molar-refractivity contribution in [2.75, 3.05) is 6.61 Å². The minimum absolute atomic E-state index is 0.269. The van der Waals surface area contributed by atoms with Crippen LogP contribution in [0.1, 0.15) is 26.4 Å². The lowest BCUT2D eigenvalue weighted by Crippen LogP contribution is -2.43. The Kier molecular flexibility index (Phi) is 6.32. The average Bonchev–Trinajstić information content (AvgIpc) is 2.77. The number of amides is 2. The molecule has 0 spiro atoms. The highest BCUT2D eigenvalue weighted by atomic mass is 16.5. The van der Waals surface area contributed by atoms with Crippen LogP contribution in [0.15, 0.2) is 72.8 Å². The predicted octanol–water partition coefficient (Wildman–Crippen LogP) is 2.68. The first-order valence-electron chi connectivity index (χ1n) is 8.89. The zero-order valence-corrected chi connectivity index (χ0v) is 15.7. The van der Waals surface area contributed by atoms with E-state index >= 15 is 0 Å². The Bertz CT molecular complexity index is 1020. The summed E-state index contributed by atoms with van der Waals surface area (Å²) < 4.78 is 5.01. The SMILES string of the molecule is Cc1nc(-c2ccccc2)ccc1C(=O)OCC(=O)NNC(=O)c1ccccc1. The molecule has 0 fully saturated rings. The van der Waals surface area contributed by atoms with Gasteiger partial charge in [-0.3, -0.25) is 25.4 Å². The Balaban J connectivity index is 1.52. The number of rotatable bonds is 5. The van der Waals surface area contributed by atoms with Crippen LogP contribution in [0.5, 0.6) is 0 Å². The Labute approximate surface area is 167 Å². The lowest BCUT2D eigenvalue weighted by Gasteiger charge is -2.10. The maximum Gasteiger partial charge on any atom is 0.340 e. The third-order valence-electron chi connectivity index (χ3n) is 4.06. The molecule has 0 unspecified atom stereocenters. The number of aromatic nitrogens is 1. The van der Waals surface area contributed by atoms with E-state index in [4.69, 9.17) is 4.74 Å². The fourth-order valence-electron chi connectivity index (χ4n) is 2.58. The molecule has 2 aromatic carbocycles. The summed E-state index contributed by atoms with van der Waals surface area (Å²) >= 11 is 0. The van der Waals surface area contributed by atoms with Gasteiger partial charge < -0.3 is 4.74 Å². The zero-order chi connectivity index (χ0) is 20.6. The Morgan fingerprint density at radius 3 is 2.17 bits per heavy atom. The van der Waals surface area contributed by atoms with Crippen LogP contribution in [0.3, 0.4) is 0 Å². The summed E-state index contributed by atoms with van der Waals surface area (Å²) in [6.45, 7) is 1.16. The maximum atomic E-state index is 12.2. The van der Waals surface area contributed by atoms with Crippen molar-refractivity contribution in [3.8, 4) is 11.3 Å². The number of pyridine rings is 1. The van der Waals surface area contributed by atoms with Crippen molar-refractivity contribution in [3.05, 3.63) is 89.6 Å². The van der Waals surface area contributed by atoms with E-state index in [1.807, 2.05) is 30.3 Å². The van der Waals surface area contributed by atoms with Crippen LogP contribution in [0.25, 0.3) is 11.3 Å². The maximum absolute atomic E-state index is 12.2. The van der Waals surface area contributed by atoms with Crippen LogP contribution >= 0.6 is 0 Å². The molecule has 0 bridgehead atoms. The molecule has 0 aliphatic heterocycles. The Morgan fingerprint density at radius 2 is 1.52 bits per heavy atom. The van der Waals surface area contributed by atoms with Crippen molar-refractivity contribution < 1.29 is 19.1 Å². The first-order chi connectivity index (χ1) is 14.0. The molecule has 3 aromatic rings. The summed E-state index contributed by atoms with van der Waals surface area (Å²) in [4.78, 5) is 40.4. The van der Waals surface area contributed by atoms with Crippen molar-refractivity contribution in [1.29, 1.82) is 0 Å². The van der Waals surface area contributed by atoms with Crippen LogP contribution in [-0.2, 0) is 9.53 Å². The number of hydrogen-bond acceptors (Lipinski definition) is 5. The summed E-state index contributed by atoms with van der Waals surface area (Å²) in [5.74, 6) is -1.80. The van der Waals surface area contributed by atoms with Crippen LogP contribution in [0.2, 0.25) is 0 Å². The van der Waals surface area contributed by atoms with Gasteiger partial charge in [-0.25, -0.2) is 4.79 Å². The third-order valence-corrected chi connectivity index (χ3v) is 4.06. The molecular formula is C22H19N3O4. The second-order valence-corrected chi connectivity index (χ2v) is 6.14. The molecule has 7 heteroatoms. The summed E-state index contributed by atoms with van der Waals surface area (Å²) in [6.07, 6.45) is 0. The number of nitrogens with one attached hydrogen (secondary N) is 2. The van der Waals surface area contributed by atoms with E-state index in [9.17, 15) is 14.4 Å². The van der Waals surface area contributed by atoms with Gasteiger partial charge in [-0.15, -0.1) is 0 Å². The van der Waals surface area contributed by atoms with Crippen molar-refractivity contribution in [2.24, 2.45) is 0 Å². The van der Waals surface area contributed by atoms with Crippen LogP contribution in [0.4, 0.5) is 0 Å². The molecule has 1 aromatic heterocycles. The van der Waals surface area contributed by atoms with E-state index in [0.717, 1.165) is 11.3 Å². The number of esters is 1. The van der Waals surface area contributed by atoms with Gasteiger partial charge in [0, 0.05) is 11.1 Å². The first-order valence-corrected chi connectivity index (χ1v) is 8.89. The second kappa shape index (κ2) is 9.27. The minimum atomic E-state index is -0.667. The zero-order valence-electron chi connectivity index (χ0n) is 15.7. The number of nitrogens with zero attached hydrogens (tertiary/aromatic N) is 1. The van der Waals surface area contributed by atoms with Crippen molar-refractivity contribution >= 4 is 17.8 Å². The second-order valence-electron chi connectivity index (χ2n) is 6.14. The number of hydrogen-bond donors (Lipinski definition) is 2. The molecule has 0 atom stereocenters. The highest BCUT2D eigenvalue weighted by Crippen LogP contribution is 2.19. The molecule has 1 heterocycles. The van der Waals surface area contributed by atoms with E-state index in [1.165, 1.54) is 0 Å². The van der Waals surface area contributed by atoms with Gasteiger partial charge in [0.2, 0.25) is 0 Å². The highest BCUT2D eigenvalue weighted by Gasteiger charge is 2.15. The molecule has 0 saturated heterocycles. The number of carbonyl (C=O) groups is 3. The number of benzene rings is 2. The van der Waals surface area contributed by atoms with Crippen LogP contribution in [0, 0.1) is 6.92 Å². The minimum Gasteiger partial charge on any atom is -0.452 e. The normalized spacial score (nSPS) is 10.1. The molecule has 3 rings (SSSR count). The number of hydrazine groups is 1. The van der Waals surface area contributed by atoms with Gasteiger partial charge in [-0.2, -0.15) is 0 Å². The quantitative estimate of drug-likeness (QED) is 0.517. The van der Waals surface area contributed by atoms with E-state index in [1.54, 1.807) is 49.4 Å². The molecule has 0 aliphatic carbocycles. The van der Waals surface area contributed by atoms with Gasteiger partial charge in [0.1, 0.15) is 0 Å². The van der Waals surface area contributed by atoms with E-state index in [-0.39, 0.29) is 5.56 Å². The molecular weight excluding hydrogens is 370 g/mol. The van der Waals surface area contributed by atoms with E-state index in [0.29, 0.717) is 11.3 Å². The van der Waals surface area contributed by atoms with Gasteiger partial charge in [0.05, 0.1) is 17.0 Å². The summed E-state index contributed by atoms with van der Waals surface area (Å²) in [6, 6.07) is 21.3. The molecule has 2 N–H and O–H groups in total. The predicted molar refractivity (Wildman–Crippen MR) is 107 cm³/mol. The fourth-order valence-corrected chi connectivity index (χ4v) is 2.58. The third kappa shape index (κ3) is 5.26. The number of aryl methyl sites for hydroxylation is 1. The topological polar surface area (TPSA) is 97.4 Å². The molecule has 0 saturated carbocycles. The molecule has 7 nitrogen and oxygen atoms in total. The monoisotopic (exact) mass is 389 g/mol.